The lowest BCUT2D eigenvalue weighted by Gasteiger charge is -2.08. The molecule has 11 heteroatoms. The highest BCUT2D eigenvalue weighted by molar-refractivity contribution is 7.51. The van der Waals surface area contributed by atoms with E-state index in [2.05, 4.69) is 10.1 Å². The topological polar surface area (TPSA) is 139 Å². The van der Waals surface area contributed by atoms with Gasteiger partial charge in [-0.25, -0.2) is 4.79 Å². The zero-order valence-corrected chi connectivity index (χ0v) is 12.8. The third kappa shape index (κ3) is 6.01. The molecule has 0 fully saturated rings. The van der Waals surface area contributed by atoms with Crippen LogP contribution in [0.4, 0.5) is 5.69 Å². The van der Waals surface area contributed by atoms with Gasteiger partial charge in [0.2, 0.25) is 0 Å². The smallest absolute Gasteiger partial charge is 0.347 e. The number of ether oxygens (including phenoxy) is 1. The van der Waals surface area contributed by atoms with Gasteiger partial charge in [-0.3, -0.25) is 14.7 Å². The predicted octanol–water partition coefficient (Wildman–Crippen LogP) is 0.984. The Balaban J connectivity index is 2.65. The number of benzene rings is 1. The molecule has 0 aliphatic carbocycles. The number of hydrogen-bond donors (Lipinski definition) is 4. The van der Waals surface area contributed by atoms with Gasteiger partial charge in [0, 0.05) is 5.02 Å². The van der Waals surface area contributed by atoms with Crippen molar-refractivity contribution in [1.29, 1.82) is 0 Å². The van der Waals surface area contributed by atoms with Crippen LogP contribution in [0.1, 0.15) is 10.4 Å². The van der Waals surface area contributed by atoms with Crippen LogP contribution in [0.25, 0.3) is 0 Å². The van der Waals surface area contributed by atoms with Crippen LogP contribution in [-0.4, -0.2) is 34.6 Å². The average Bonchev–Trinajstić information content (AvgIpc) is 2.31. The quantitative estimate of drug-likeness (QED) is 0.265. The molecule has 0 amide bonds. The summed E-state index contributed by atoms with van der Waals surface area (Å²) in [5.74, 6) is -2.11. The molecule has 0 atom stereocenters. The fraction of sp³-hybridized carbons (Fsp3) is 0.200. The molecule has 1 aromatic rings. The molecule has 0 spiro atoms. The van der Waals surface area contributed by atoms with Gasteiger partial charge in [-0.05, 0) is 12.1 Å². The first kappa shape index (κ1) is 17.9. The molecular weight excluding hydrogens is 346 g/mol. The second-order valence-corrected chi connectivity index (χ2v) is 6.33. The summed E-state index contributed by atoms with van der Waals surface area (Å²) in [6.07, 6.45) is -0.721. The maximum Gasteiger partial charge on any atom is 0.347 e. The molecule has 8 nitrogen and oxygen atoms in total. The first-order valence-corrected chi connectivity index (χ1v) is 7.90. The highest BCUT2D eigenvalue weighted by atomic mass is 35.5. The van der Waals surface area contributed by atoms with E-state index in [-0.39, 0.29) is 21.3 Å². The van der Waals surface area contributed by atoms with Crippen LogP contribution in [0, 0.1) is 0 Å². The van der Waals surface area contributed by atoms with Gasteiger partial charge in [0.25, 0.3) is 0 Å². The number of nitrogens with two attached hydrogens (primary N) is 1. The molecule has 116 valence electrons. The van der Waals surface area contributed by atoms with Crippen molar-refractivity contribution >= 4 is 48.4 Å². The molecule has 1 rings (SSSR count). The van der Waals surface area contributed by atoms with Gasteiger partial charge in [0.1, 0.15) is 0 Å². The maximum atomic E-state index is 11.7. The van der Waals surface area contributed by atoms with Gasteiger partial charge in [-0.1, -0.05) is 23.2 Å². The lowest BCUT2D eigenvalue weighted by molar-refractivity contribution is -0.136. The number of hydrogen-bond acceptors (Lipinski definition) is 6. The fourth-order valence-corrected chi connectivity index (χ4v) is 2.07. The number of nitrogen functional groups attached to an aromatic ring is 1. The molecular formula is C10H11Cl2N2O6P. The standard InChI is InChI=1S/C10H11Cl2N2O6P/c11-5-1-6(9(12)7(13)2-5)10(16)20-8(15)3-14-4-21(17,18)19/h1-2,14H,3-4,13H2,(H2,17,18,19). The first-order valence-electron chi connectivity index (χ1n) is 5.35. The summed E-state index contributed by atoms with van der Waals surface area (Å²) in [4.78, 5) is 40.2. The van der Waals surface area contributed by atoms with Crippen LogP contribution in [0.2, 0.25) is 10.0 Å². The van der Waals surface area contributed by atoms with E-state index < -0.39 is 32.4 Å². The van der Waals surface area contributed by atoms with E-state index in [0.29, 0.717) is 0 Å². The first-order chi connectivity index (χ1) is 9.60. The molecule has 0 radical (unpaired) electrons. The number of esters is 2. The molecule has 0 aliphatic heterocycles. The van der Waals surface area contributed by atoms with Crippen LogP contribution in [0.3, 0.4) is 0 Å². The summed E-state index contributed by atoms with van der Waals surface area (Å²) >= 11 is 11.5. The van der Waals surface area contributed by atoms with Crippen LogP contribution in [-0.2, 0) is 14.1 Å². The van der Waals surface area contributed by atoms with Crippen molar-refractivity contribution in [2.24, 2.45) is 0 Å². The molecule has 1 aromatic carbocycles. The largest absolute Gasteiger partial charge is 0.397 e. The third-order valence-electron chi connectivity index (χ3n) is 2.08. The van der Waals surface area contributed by atoms with E-state index in [4.69, 9.17) is 38.7 Å². The minimum atomic E-state index is -4.29. The SMILES string of the molecule is Nc1cc(Cl)cc(C(=O)OC(=O)CNCP(=O)(O)O)c1Cl. The minimum Gasteiger partial charge on any atom is -0.397 e. The van der Waals surface area contributed by atoms with E-state index in [1.807, 2.05) is 0 Å². The van der Waals surface area contributed by atoms with Crippen molar-refractivity contribution in [3.8, 4) is 0 Å². The molecule has 0 aliphatic rings. The van der Waals surface area contributed by atoms with Gasteiger partial charge in [0.05, 0.1) is 29.1 Å². The molecule has 0 unspecified atom stereocenters. The Bertz CT molecular complexity index is 618. The second kappa shape index (κ2) is 7.22. The predicted molar refractivity (Wildman–Crippen MR) is 76.2 cm³/mol. The highest BCUT2D eigenvalue weighted by Crippen LogP contribution is 2.31. The molecule has 0 heterocycles. The Morgan fingerprint density at radius 3 is 2.52 bits per heavy atom. The monoisotopic (exact) mass is 356 g/mol. The second-order valence-electron chi connectivity index (χ2n) is 3.87. The Morgan fingerprint density at radius 2 is 1.95 bits per heavy atom. The number of halogens is 2. The van der Waals surface area contributed by atoms with Crippen molar-refractivity contribution in [3.05, 3.63) is 27.7 Å². The Morgan fingerprint density at radius 1 is 1.33 bits per heavy atom. The number of rotatable bonds is 5. The van der Waals surface area contributed by atoms with Gasteiger partial charge in [0.15, 0.2) is 0 Å². The lowest BCUT2D eigenvalue weighted by Crippen LogP contribution is -2.27. The van der Waals surface area contributed by atoms with Crippen molar-refractivity contribution in [3.63, 3.8) is 0 Å². The molecule has 0 aromatic heterocycles. The molecule has 5 N–H and O–H groups in total. The number of carbonyl (C=O) groups excluding carboxylic acids is 2. The molecule has 0 saturated carbocycles. The van der Waals surface area contributed by atoms with E-state index in [9.17, 15) is 14.2 Å². The number of carbonyl (C=O) groups is 2. The van der Waals surface area contributed by atoms with Crippen LogP contribution in [0.15, 0.2) is 12.1 Å². The average molecular weight is 357 g/mol. The number of nitrogens with one attached hydrogen (secondary N) is 1. The summed E-state index contributed by atoms with van der Waals surface area (Å²) in [6, 6.07) is 2.50. The van der Waals surface area contributed by atoms with Crippen molar-refractivity contribution in [2.45, 2.75) is 0 Å². The van der Waals surface area contributed by atoms with Gasteiger partial charge < -0.3 is 20.3 Å². The maximum absolute atomic E-state index is 11.7. The Labute approximate surface area is 129 Å². The fourth-order valence-electron chi connectivity index (χ4n) is 1.26. The van der Waals surface area contributed by atoms with Crippen molar-refractivity contribution in [2.75, 3.05) is 18.6 Å². The van der Waals surface area contributed by atoms with Gasteiger partial charge in [-0.15, -0.1) is 0 Å². The Hall–Kier alpha value is -1.15. The third-order valence-corrected chi connectivity index (χ3v) is 3.35. The summed E-state index contributed by atoms with van der Waals surface area (Å²) < 4.78 is 15.0. The molecule has 0 saturated heterocycles. The van der Waals surface area contributed by atoms with Gasteiger partial charge >= 0.3 is 19.5 Å². The zero-order valence-electron chi connectivity index (χ0n) is 10.4. The van der Waals surface area contributed by atoms with E-state index in [1.165, 1.54) is 12.1 Å². The lowest BCUT2D eigenvalue weighted by atomic mass is 10.2. The van der Waals surface area contributed by atoms with Crippen LogP contribution < -0.4 is 11.1 Å². The highest BCUT2D eigenvalue weighted by Gasteiger charge is 2.19. The van der Waals surface area contributed by atoms with E-state index in [0.717, 1.165) is 0 Å². The molecule has 0 bridgehead atoms. The van der Waals surface area contributed by atoms with E-state index >= 15 is 0 Å². The molecule has 21 heavy (non-hydrogen) atoms. The zero-order chi connectivity index (χ0) is 16.2. The summed E-state index contributed by atoms with van der Waals surface area (Å²) in [6.45, 7) is -0.565. The van der Waals surface area contributed by atoms with Crippen molar-refractivity contribution in [1.82, 2.24) is 5.32 Å². The summed E-state index contributed by atoms with van der Waals surface area (Å²) in [7, 11) is -4.29. The van der Waals surface area contributed by atoms with Gasteiger partial charge in [-0.2, -0.15) is 0 Å². The van der Waals surface area contributed by atoms with E-state index in [1.54, 1.807) is 0 Å². The van der Waals surface area contributed by atoms with Crippen LogP contribution in [0.5, 0.6) is 0 Å². The Kier molecular flexibility index (Phi) is 6.15. The minimum absolute atomic E-state index is 0.0446. The summed E-state index contributed by atoms with van der Waals surface area (Å²) in [5, 5.41) is 2.17. The van der Waals surface area contributed by atoms with Crippen molar-refractivity contribution < 1.29 is 28.7 Å². The van der Waals surface area contributed by atoms with Crippen LogP contribution >= 0.6 is 30.8 Å². The summed E-state index contributed by atoms with van der Waals surface area (Å²) in [5.41, 5.74) is 5.36. The normalized spacial score (nSPS) is 11.2. The number of anilines is 1.